The first-order valence-corrected chi connectivity index (χ1v) is 8.17. The molecule has 24 heavy (non-hydrogen) atoms. The van der Waals surface area contributed by atoms with Crippen LogP contribution in [0.15, 0.2) is 23.3 Å². The molecule has 1 saturated heterocycles. The van der Waals surface area contributed by atoms with Crippen LogP contribution in [0.5, 0.6) is 0 Å². The van der Waals surface area contributed by atoms with Crippen molar-refractivity contribution in [3.8, 4) is 6.19 Å². The molecule has 7 nitrogen and oxygen atoms in total. The van der Waals surface area contributed by atoms with Crippen LogP contribution in [0, 0.1) is 11.5 Å². The van der Waals surface area contributed by atoms with Crippen LogP contribution in [0.3, 0.4) is 0 Å². The van der Waals surface area contributed by atoms with Gasteiger partial charge in [-0.1, -0.05) is 13.3 Å². The Hall–Kier alpha value is -2.69. The summed E-state index contributed by atoms with van der Waals surface area (Å²) in [5, 5.41) is 16.7. The zero-order chi connectivity index (χ0) is 16.9. The highest BCUT2D eigenvalue weighted by atomic mass is 19.1. The summed E-state index contributed by atoms with van der Waals surface area (Å²) < 4.78 is 15.1. The second kappa shape index (κ2) is 7.25. The van der Waals surface area contributed by atoms with E-state index in [1.807, 2.05) is 23.2 Å². The fourth-order valence-electron chi connectivity index (χ4n) is 2.74. The summed E-state index contributed by atoms with van der Waals surface area (Å²) in [5.41, 5.74) is 1.29. The van der Waals surface area contributed by atoms with Crippen molar-refractivity contribution in [1.82, 2.24) is 19.9 Å². The van der Waals surface area contributed by atoms with Crippen molar-refractivity contribution in [1.29, 1.82) is 5.26 Å². The Morgan fingerprint density at radius 2 is 2.42 bits per heavy atom. The zero-order valence-electron chi connectivity index (χ0n) is 13.6. The van der Waals surface area contributed by atoms with Crippen molar-refractivity contribution >= 4 is 17.3 Å². The fraction of sp³-hybridized carbons (Fsp3) is 0.500. The molecule has 2 aromatic heterocycles. The van der Waals surface area contributed by atoms with Crippen molar-refractivity contribution in [2.24, 2.45) is 4.99 Å². The van der Waals surface area contributed by atoms with Gasteiger partial charge in [0.05, 0.1) is 12.7 Å². The topological polar surface area (TPSA) is 81.6 Å². The number of aromatic nitrogens is 3. The van der Waals surface area contributed by atoms with E-state index in [-0.39, 0.29) is 0 Å². The predicted octanol–water partition coefficient (Wildman–Crippen LogP) is 1.89. The Morgan fingerprint density at radius 3 is 3.12 bits per heavy atom. The van der Waals surface area contributed by atoms with Crippen molar-refractivity contribution < 1.29 is 4.39 Å². The second-order valence-corrected chi connectivity index (χ2v) is 5.78. The number of anilines is 1. The zero-order valence-corrected chi connectivity index (χ0v) is 13.6. The molecule has 1 N–H and O–H groups in total. The quantitative estimate of drug-likeness (QED) is 0.392. The van der Waals surface area contributed by atoms with Crippen LogP contribution in [-0.2, 0) is 0 Å². The molecule has 1 aliphatic heterocycles. The second-order valence-electron chi connectivity index (χ2n) is 5.78. The molecule has 1 fully saturated rings. The molecule has 0 spiro atoms. The average molecular weight is 329 g/mol. The third kappa shape index (κ3) is 3.30. The van der Waals surface area contributed by atoms with Gasteiger partial charge in [-0.25, -0.2) is 13.9 Å². The van der Waals surface area contributed by atoms with Gasteiger partial charge in [0, 0.05) is 13.1 Å². The van der Waals surface area contributed by atoms with E-state index >= 15 is 0 Å². The van der Waals surface area contributed by atoms with Crippen molar-refractivity contribution in [2.45, 2.75) is 32.4 Å². The summed E-state index contributed by atoms with van der Waals surface area (Å²) in [7, 11) is 0. The Balaban J connectivity index is 1.92. The number of hydrogen-bond acceptors (Lipinski definition) is 5. The lowest BCUT2D eigenvalue weighted by Crippen LogP contribution is -2.27. The molecule has 8 heteroatoms. The minimum Gasteiger partial charge on any atom is -0.368 e. The lowest BCUT2D eigenvalue weighted by Gasteiger charge is -2.16. The van der Waals surface area contributed by atoms with E-state index in [0.717, 1.165) is 19.4 Å². The Morgan fingerprint density at radius 1 is 1.54 bits per heavy atom. The van der Waals surface area contributed by atoms with Crippen molar-refractivity contribution in [3.63, 3.8) is 0 Å². The first-order valence-electron chi connectivity index (χ1n) is 8.17. The molecule has 3 heterocycles. The van der Waals surface area contributed by atoms with Crippen LogP contribution >= 0.6 is 0 Å². The van der Waals surface area contributed by atoms with Gasteiger partial charge in [0.15, 0.2) is 11.5 Å². The minimum atomic E-state index is -0.809. The Bertz CT molecular complexity index is 776. The Labute approximate surface area is 139 Å². The summed E-state index contributed by atoms with van der Waals surface area (Å²) in [6, 6.07) is 3.68. The number of imidazole rings is 1. The first-order chi connectivity index (χ1) is 11.7. The number of fused-ring (bicyclic) bond motifs is 1. The third-order valence-corrected chi connectivity index (χ3v) is 4.03. The smallest absolute Gasteiger partial charge is 0.207 e. The number of nitriles is 1. The summed E-state index contributed by atoms with van der Waals surface area (Å²) in [6.07, 6.45) is 5.20. The maximum Gasteiger partial charge on any atom is 0.207 e. The van der Waals surface area contributed by atoms with Gasteiger partial charge in [-0.3, -0.25) is 0 Å². The number of alkyl halides is 1. The molecule has 0 radical (unpaired) electrons. The van der Waals surface area contributed by atoms with Gasteiger partial charge in [-0.05, 0) is 25.0 Å². The number of nitrogens with zero attached hydrogens (tertiary/aromatic N) is 6. The number of aliphatic imine (C=N–C) groups is 1. The van der Waals surface area contributed by atoms with E-state index in [1.165, 1.54) is 0 Å². The normalized spacial score (nSPS) is 18.1. The molecular weight excluding hydrogens is 309 g/mol. The monoisotopic (exact) mass is 329 g/mol. The van der Waals surface area contributed by atoms with Gasteiger partial charge in [0.2, 0.25) is 6.19 Å². The highest BCUT2D eigenvalue weighted by Gasteiger charge is 2.23. The maximum atomic E-state index is 13.4. The molecule has 3 rings (SSSR count). The number of nitrogens with one attached hydrogen (secondary N) is 1. The van der Waals surface area contributed by atoms with E-state index in [9.17, 15) is 4.39 Å². The van der Waals surface area contributed by atoms with Gasteiger partial charge < -0.3 is 10.2 Å². The highest BCUT2D eigenvalue weighted by Crippen LogP contribution is 2.20. The molecule has 2 aromatic rings. The van der Waals surface area contributed by atoms with Gasteiger partial charge in [0.1, 0.15) is 17.7 Å². The number of hydrogen-bond donors (Lipinski definition) is 1. The predicted molar refractivity (Wildman–Crippen MR) is 89.8 cm³/mol. The van der Waals surface area contributed by atoms with Crippen molar-refractivity contribution in [3.05, 3.63) is 24.0 Å². The van der Waals surface area contributed by atoms with Crippen LogP contribution in [0.2, 0.25) is 0 Å². The molecule has 1 unspecified atom stereocenters. The van der Waals surface area contributed by atoms with E-state index < -0.39 is 6.17 Å². The van der Waals surface area contributed by atoms with Crippen LogP contribution in [-0.4, -0.2) is 46.2 Å². The number of halogens is 1. The van der Waals surface area contributed by atoms with E-state index in [2.05, 4.69) is 27.3 Å². The van der Waals surface area contributed by atoms with Crippen molar-refractivity contribution in [2.75, 3.05) is 24.5 Å². The van der Waals surface area contributed by atoms with E-state index in [4.69, 9.17) is 5.26 Å². The lowest BCUT2D eigenvalue weighted by atomic mass is 10.3. The average Bonchev–Trinajstić information content (AvgIpc) is 3.20. The van der Waals surface area contributed by atoms with Gasteiger partial charge in [0.25, 0.3) is 0 Å². The molecule has 0 aromatic carbocycles. The molecule has 0 aliphatic carbocycles. The third-order valence-electron chi connectivity index (χ3n) is 4.03. The molecule has 0 saturated carbocycles. The Kier molecular flexibility index (Phi) is 4.89. The first kappa shape index (κ1) is 16.2. The number of rotatable bonds is 5. The maximum absolute atomic E-state index is 13.4. The minimum absolute atomic E-state index is 0.358. The molecule has 1 aliphatic rings. The van der Waals surface area contributed by atoms with Crippen LogP contribution in [0.1, 0.15) is 31.9 Å². The van der Waals surface area contributed by atoms with Crippen LogP contribution in [0.4, 0.5) is 10.2 Å². The highest BCUT2D eigenvalue weighted by molar-refractivity contribution is 5.98. The van der Waals surface area contributed by atoms with Gasteiger partial charge in [-0.2, -0.15) is 10.3 Å². The molecule has 1 atom stereocenters. The SMILES string of the molecule is CCCCN/C(=N\C#N)c1cnc2ccc(N3CCC(F)C3)nn12. The molecule has 0 amide bonds. The summed E-state index contributed by atoms with van der Waals surface area (Å²) in [6.45, 7) is 3.83. The van der Waals surface area contributed by atoms with E-state index in [1.54, 1.807) is 10.7 Å². The largest absolute Gasteiger partial charge is 0.368 e. The van der Waals surface area contributed by atoms with E-state index in [0.29, 0.717) is 42.5 Å². The molecule has 0 bridgehead atoms. The number of amidine groups is 1. The van der Waals surface area contributed by atoms with Gasteiger partial charge in [-0.15, -0.1) is 5.10 Å². The van der Waals surface area contributed by atoms with Gasteiger partial charge >= 0.3 is 0 Å². The summed E-state index contributed by atoms with van der Waals surface area (Å²) >= 11 is 0. The summed E-state index contributed by atoms with van der Waals surface area (Å²) in [5.74, 6) is 1.15. The molecular formula is C16H20FN7. The standard InChI is InChI=1S/C16H20FN7/c1-2-3-7-19-16(21-11-18)13-9-20-14-4-5-15(22-24(13)14)23-8-6-12(17)10-23/h4-5,9,12H,2-3,6-8,10H2,1H3,(H,19,21). The van der Waals surface area contributed by atoms with Crippen LogP contribution in [0.25, 0.3) is 5.65 Å². The van der Waals surface area contributed by atoms with Crippen LogP contribution < -0.4 is 10.2 Å². The lowest BCUT2D eigenvalue weighted by molar-refractivity contribution is 0.364. The molecule has 126 valence electrons. The fourth-order valence-corrected chi connectivity index (χ4v) is 2.74. The number of unbranched alkanes of at least 4 members (excludes halogenated alkanes) is 1. The summed E-state index contributed by atoms with van der Waals surface area (Å²) in [4.78, 5) is 10.1.